The zero-order chi connectivity index (χ0) is 20.1. The molecule has 1 fully saturated rings. The lowest BCUT2D eigenvalue weighted by atomic mass is 9.85. The van der Waals surface area contributed by atoms with Crippen LogP contribution in [0.1, 0.15) is 44.6 Å². The van der Waals surface area contributed by atoms with Crippen molar-refractivity contribution >= 4 is 17.6 Å². The molecule has 28 heavy (non-hydrogen) atoms. The smallest absolute Gasteiger partial charge is 0.328 e. The second-order valence-electron chi connectivity index (χ2n) is 6.97. The Hall–Kier alpha value is -2.54. The molecule has 1 aliphatic rings. The van der Waals surface area contributed by atoms with E-state index in [-0.39, 0.29) is 5.75 Å². The monoisotopic (exact) mass is 406 g/mol. The molecule has 1 atom stereocenters. The van der Waals surface area contributed by atoms with E-state index in [2.05, 4.69) is 5.10 Å². The molecule has 0 spiro atoms. The minimum Gasteiger partial charge on any atom is -0.497 e. The molecule has 1 N–H and O–H groups in total. The third kappa shape index (κ3) is 4.84. The molecule has 1 aromatic heterocycles. The number of carbonyl (C=O) groups is 1. The van der Waals surface area contributed by atoms with Crippen molar-refractivity contribution in [2.45, 2.75) is 44.6 Å². The minimum atomic E-state index is -1.05. The van der Waals surface area contributed by atoms with E-state index in [9.17, 15) is 14.7 Å². The van der Waals surface area contributed by atoms with E-state index in [1.54, 1.807) is 18.2 Å². The van der Waals surface area contributed by atoms with Crippen molar-refractivity contribution in [1.29, 1.82) is 0 Å². The Bertz CT molecular complexity index is 892. The third-order valence-corrected chi connectivity index (χ3v) is 5.32. The summed E-state index contributed by atoms with van der Waals surface area (Å²) < 4.78 is 11.7. The third-order valence-electron chi connectivity index (χ3n) is 5.03. The molecule has 150 valence electrons. The number of hydrogen-bond acceptors (Lipinski definition) is 5. The maximum absolute atomic E-state index is 12.5. The number of ether oxygens (including phenoxy) is 2. The fourth-order valence-corrected chi connectivity index (χ4v) is 3.76. The van der Waals surface area contributed by atoms with Crippen LogP contribution in [0, 0.1) is 5.92 Å². The Morgan fingerprint density at radius 3 is 2.64 bits per heavy atom. The molecule has 1 heterocycles. The van der Waals surface area contributed by atoms with Crippen molar-refractivity contribution in [3.63, 3.8) is 0 Å². The average Bonchev–Trinajstić information content (AvgIpc) is 2.69. The van der Waals surface area contributed by atoms with Crippen molar-refractivity contribution in [3.05, 3.63) is 45.8 Å². The quantitative estimate of drug-likeness (QED) is 0.737. The summed E-state index contributed by atoms with van der Waals surface area (Å²) in [5.41, 5.74) is -0.523. The SMILES string of the molecule is COc1ccc(Oc2cnn(C(CC3CCCCC3)C(=O)O)c(=O)c2)c(Cl)c1. The Labute approximate surface area is 167 Å². The number of methoxy groups -OCH3 is 1. The molecule has 8 heteroatoms. The molecular formula is C20H23ClN2O5. The van der Waals surface area contributed by atoms with E-state index in [0.717, 1.165) is 30.4 Å². The number of hydrogen-bond donors (Lipinski definition) is 1. The summed E-state index contributed by atoms with van der Waals surface area (Å²) in [6, 6.07) is 5.14. The first-order valence-corrected chi connectivity index (χ1v) is 9.69. The van der Waals surface area contributed by atoms with Crippen molar-refractivity contribution in [1.82, 2.24) is 9.78 Å². The zero-order valence-electron chi connectivity index (χ0n) is 15.6. The van der Waals surface area contributed by atoms with E-state index in [0.29, 0.717) is 28.9 Å². The normalized spacial score (nSPS) is 15.8. The number of rotatable bonds is 7. The number of carboxylic acid groups (broad SMARTS) is 1. The minimum absolute atomic E-state index is 0.190. The van der Waals surface area contributed by atoms with Crippen molar-refractivity contribution in [2.75, 3.05) is 7.11 Å². The fraction of sp³-hybridized carbons (Fsp3) is 0.450. The van der Waals surface area contributed by atoms with Gasteiger partial charge in [-0.05, 0) is 24.5 Å². The van der Waals surface area contributed by atoms with Crippen LogP contribution in [-0.2, 0) is 4.79 Å². The van der Waals surface area contributed by atoms with Crippen molar-refractivity contribution in [3.8, 4) is 17.2 Å². The summed E-state index contributed by atoms with van der Waals surface area (Å²) >= 11 is 6.14. The second kappa shape index (κ2) is 9.10. The van der Waals surface area contributed by atoms with Gasteiger partial charge in [0, 0.05) is 12.1 Å². The van der Waals surface area contributed by atoms with Gasteiger partial charge in [0.15, 0.2) is 11.8 Å². The zero-order valence-corrected chi connectivity index (χ0v) is 16.4. The van der Waals surface area contributed by atoms with Crippen LogP contribution in [0.2, 0.25) is 5.02 Å². The Balaban J connectivity index is 1.78. The molecule has 0 radical (unpaired) electrons. The molecule has 1 saturated carbocycles. The highest BCUT2D eigenvalue weighted by atomic mass is 35.5. The molecule has 1 aliphatic carbocycles. The van der Waals surface area contributed by atoms with Crippen LogP contribution < -0.4 is 15.0 Å². The number of nitrogens with zero attached hydrogens (tertiary/aromatic N) is 2. The van der Waals surface area contributed by atoms with Crippen LogP contribution in [-0.4, -0.2) is 28.0 Å². The van der Waals surface area contributed by atoms with Gasteiger partial charge in [-0.3, -0.25) is 4.79 Å². The highest BCUT2D eigenvalue weighted by Crippen LogP contribution is 2.32. The van der Waals surface area contributed by atoms with Crippen molar-refractivity contribution < 1.29 is 19.4 Å². The van der Waals surface area contributed by atoms with Gasteiger partial charge in [-0.1, -0.05) is 43.7 Å². The van der Waals surface area contributed by atoms with E-state index >= 15 is 0 Å². The van der Waals surface area contributed by atoms with E-state index in [4.69, 9.17) is 21.1 Å². The van der Waals surface area contributed by atoms with Gasteiger partial charge in [0.25, 0.3) is 5.56 Å². The maximum Gasteiger partial charge on any atom is 0.328 e. The van der Waals surface area contributed by atoms with Crippen LogP contribution in [0.25, 0.3) is 0 Å². The largest absolute Gasteiger partial charge is 0.497 e. The van der Waals surface area contributed by atoms with Gasteiger partial charge in [-0.2, -0.15) is 5.10 Å². The molecule has 7 nitrogen and oxygen atoms in total. The Morgan fingerprint density at radius 2 is 2.04 bits per heavy atom. The molecule has 0 aliphatic heterocycles. The highest BCUT2D eigenvalue weighted by Gasteiger charge is 2.27. The lowest BCUT2D eigenvalue weighted by molar-refractivity contribution is -0.142. The van der Waals surface area contributed by atoms with E-state index < -0.39 is 17.6 Å². The van der Waals surface area contributed by atoms with Gasteiger partial charge in [0.2, 0.25) is 0 Å². The van der Waals surface area contributed by atoms with Crippen LogP contribution in [0.5, 0.6) is 17.2 Å². The summed E-state index contributed by atoms with van der Waals surface area (Å²) in [4.78, 5) is 24.3. The molecule has 1 aromatic carbocycles. The first kappa shape index (κ1) is 20.2. The summed E-state index contributed by atoms with van der Waals surface area (Å²) in [5.74, 6) is 0.371. The van der Waals surface area contributed by atoms with Gasteiger partial charge >= 0.3 is 5.97 Å². The number of aliphatic carboxylic acids is 1. The first-order chi connectivity index (χ1) is 13.5. The van der Waals surface area contributed by atoms with Gasteiger partial charge in [0.1, 0.15) is 11.5 Å². The highest BCUT2D eigenvalue weighted by molar-refractivity contribution is 6.32. The van der Waals surface area contributed by atoms with E-state index in [1.165, 1.54) is 25.8 Å². The first-order valence-electron chi connectivity index (χ1n) is 9.31. The molecule has 2 aromatic rings. The maximum atomic E-state index is 12.5. The Morgan fingerprint density at radius 1 is 1.29 bits per heavy atom. The number of aromatic nitrogens is 2. The Kier molecular flexibility index (Phi) is 6.57. The predicted molar refractivity (Wildman–Crippen MR) is 104 cm³/mol. The predicted octanol–water partition coefficient (Wildman–Crippen LogP) is 4.29. The van der Waals surface area contributed by atoms with Gasteiger partial charge in [-0.15, -0.1) is 0 Å². The van der Waals surface area contributed by atoms with Crippen LogP contribution in [0.15, 0.2) is 35.3 Å². The summed E-state index contributed by atoms with van der Waals surface area (Å²) in [5, 5.41) is 14.0. The summed E-state index contributed by atoms with van der Waals surface area (Å²) in [6.07, 6.45) is 7.13. The number of benzene rings is 1. The molecule has 3 rings (SSSR count). The summed E-state index contributed by atoms with van der Waals surface area (Å²) in [6.45, 7) is 0. The molecule has 0 amide bonds. The second-order valence-corrected chi connectivity index (χ2v) is 7.37. The molecule has 0 bridgehead atoms. The topological polar surface area (TPSA) is 90.7 Å². The summed E-state index contributed by atoms with van der Waals surface area (Å²) in [7, 11) is 1.53. The lowest BCUT2D eigenvalue weighted by Crippen LogP contribution is -2.33. The molecule has 0 saturated heterocycles. The van der Waals surface area contributed by atoms with E-state index in [1.807, 2.05) is 0 Å². The lowest BCUT2D eigenvalue weighted by Gasteiger charge is -2.25. The fourth-order valence-electron chi connectivity index (χ4n) is 3.55. The number of carboxylic acids is 1. The van der Waals surface area contributed by atoms with Gasteiger partial charge in [-0.25, -0.2) is 9.48 Å². The molecular weight excluding hydrogens is 384 g/mol. The molecule has 1 unspecified atom stereocenters. The van der Waals surface area contributed by atoms with Crippen molar-refractivity contribution in [2.24, 2.45) is 5.92 Å². The van der Waals surface area contributed by atoms with Gasteiger partial charge < -0.3 is 14.6 Å². The van der Waals surface area contributed by atoms with Crippen LogP contribution in [0.3, 0.4) is 0 Å². The standard InChI is InChI=1S/C20H23ClN2O5/c1-27-14-7-8-18(16(21)10-14)28-15-11-19(24)23(22-12-15)17(20(25)26)9-13-5-3-2-4-6-13/h7-8,10-13,17H,2-6,9H2,1H3,(H,25,26). The number of halogens is 1. The van der Waals surface area contributed by atoms with Crippen LogP contribution in [0.4, 0.5) is 0 Å². The average molecular weight is 407 g/mol. The van der Waals surface area contributed by atoms with Gasteiger partial charge in [0.05, 0.1) is 18.3 Å². The van der Waals surface area contributed by atoms with Crippen LogP contribution >= 0.6 is 11.6 Å².